The van der Waals surface area contributed by atoms with Crippen LogP contribution in [0.5, 0.6) is 0 Å². The summed E-state index contributed by atoms with van der Waals surface area (Å²) in [5.74, 6) is -0.254. The lowest BCUT2D eigenvalue weighted by atomic mass is 10.3. The minimum atomic E-state index is -0.254. The van der Waals surface area contributed by atoms with E-state index in [1.54, 1.807) is 24.3 Å². The Morgan fingerprint density at radius 2 is 2.47 bits per heavy atom. The number of nitrogens with zero attached hydrogens (tertiary/aromatic N) is 3. The van der Waals surface area contributed by atoms with E-state index in [0.29, 0.717) is 11.4 Å². The Hall–Kier alpha value is -2.04. The number of azide groups is 1. The average Bonchev–Trinajstić information content (AvgIpc) is 2.19. The number of carbonyl (C=O) groups is 1. The van der Waals surface area contributed by atoms with E-state index in [0.717, 1.165) is 0 Å². The van der Waals surface area contributed by atoms with Gasteiger partial charge in [-0.15, -0.1) is 0 Å². The van der Waals surface area contributed by atoms with Gasteiger partial charge in [-0.2, -0.15) is 0 Å². The molecule has 0 fully saturated rings. The number of hydrogen-bond acceptors (Lipinski definition) is 3. The molecule has 0 bridgehead atoms. The van der Waals surface area contributed by atoms with Gasteiger partial charge in [-0.1, -0.05) is 17.2 Å². The van der Waals surface area contributed by atoms with E-state index < -0.39 is 0 Å². The van der Waals surface area contributed by atoms with E-state index in [4.69, 9.17) is 5.53 Å². The van der Waals surface area contributed by atoms with Gasteiger partial charge in [-0.05, 0) is 17.7 Å². The van der Waals surface area contributed by atoms with Gasteiger partial charge in [-0.25, -0.2) is 0 Å². The summed E-state index contributed by atoms with van der Waals surface area (Å²) in [4.78, 5) is 13.8. The van der Waals surface area contributed by atoms with Gasteiger partial charge in [0.25, 0.3) is 0 Å². The molecule has 6 heteroatoms. The second-order valence-electron chi connectivity index (χ2n) is 2.72. The summed E-state index contributed by atoms with van der Waals surface area (Å²) in [6, 6.07) is 6.61. The Balaban J connectivity index is 2.73. The van der Waals surface area contributed by atoms with Gasteiger partial charge in [0.2, 0.25) is 5.91 Å². The highest BCUT2D eigenvalue weighted by molar-refractivity contribution is 5.92. The van der Waals surface area contributed by atoms with Crippen molar-refractivity contribution in [3.63, 3.8) is 0 Å². The molecule has 0 saturated carbocycles. The predicted molar refractivity (Wildman–Crippen MR) is 55.8 cm³/mol. The van der Waals surface area contributed by atoms with Crippen molar-refractivity contribution in [1.82, 2.24) is 0 Å². The van der Waals surface area contributed by atoms with Gasteiger partial charge in [0.1, 0.15) is 6.61 Å². The minimum absolute atomic E-state index is 0.00819. The molecule has 1 aromatic rings. The number of methoxy groups -OCH3 is 1. The molecule has 0 aliphatic carbocycles. The van der Waals surface area contributed by atoms with Crippen molar-refractivity contribution < 1.29 is 9.53 Å². The highest BCUT2D eigenvalue weighted by Gasteiger charge is 2.00. The van der Waals surface area contributed by atoms with Gasteiger partial charge < -0.3 is 10.1 Å². The van der Waals surface area contributed by atoms with Crippen molar-refractivity contribution in [3.8, 4) is 0 Å². The maximum Gasteiger partial charge on any atom is 0.250 e. The van der Waals surface area contributed by atoms with Crippen LogP contribution in [-0.4, -0.2) is 19.6 Å². The molecule has 0 atom stereocenters. The van der Waals surface area contributed by atoms with Crippen LogP contribution >= 0.6 is 0 Å². The van der Waals surface area contributed by atoms with Gasteiger partial charge in [0.05, 0.1) is 0 Å². The van der Waals surface area contributed by atoms with Crippen molar-refractivity contribution in [2.45, 2.75) is 0 Å². The first kappa shape index (κ1) is 11.0. The third-order valence-corrected chi connectivity index (χ3v) is 1.57. The molecule has 0 aromatic heterocycles. The number of rotatable bonds is 4. The van der Waals surface area contributed by atoms with Gasteiger partial charge in [0.15, 0.2) is 0 Å². The van der Waals surface area contributed by atoms with E-state index in [1.165, 1.54) is 7.11 Å². The van der Waals surface area contributed by atoms with Crippen molar-refractivity contribution >= 4 is 17.3 Å². The Bertz CT molecular complexity index is 399. The molecule has 6 nitrogen and oxygen atoms in total. The zero-order valence-electron chi connectivity index (χ0n) is 8.17. The maximum absolute atomic E-state index is 11.1. The predicted octanol–water partition coefficient (Wildman–Crippen LogP) is 2.21. The number of hydrogen-bond donors (Lipinski definition) is 1. The molecule has 0 unspecified atom stereocenters. The Labute approximate surface area is 86.5 Å². The highest BCUT2D eigenvalue weighted by atomic mass is 16.5. The van der Waals surface area contributed by atoms with E-state index in [2.05, 4.69) is 20.1 Å². The van der Waals surface area contributed by atoms with Crippen LogP contribution in [0.15, 0.2) is 29.4 Å². The molecule has 1 amide bonds. The molecule has 1 N–H and O–H groups in total. The largest absolute Gasteiger partial charge is 0.375 e. The fourth-order valence-electron chi connectivity index (χ4n) is 1.03. The van der Waals surface area contributed by atoms with Crippen LogP contribution in [0, 0.1) is 0 Å². The van der Waals surface area contributed by atoms with E-state index >= 15 is 0 Å². The van der Waals surface area contributed by atoms with Crippen LogP contribution in [-0.2, 0) is 9.53 Å². The maximum atomic E-state index is 11.1. The summed E-state index contributed by atoms with van der Waals surface area (Å²) >= 11 is 0. The Morgan fingerprint density at radius 3 is 3.13 bits per heavy atom. The number of nitrogens with one attached hydrogen (secondary N) is 1. The molecule has 0 heterocycles. The van der Waals surface area contributed by atoms with Crippen LogP contribution in [0.1, 0.15) is 0 Å². The van der Waals surface area contributed by atoms with Gasteiger partial charge in [-0.3, -0.25) is 4.79 Å². The summed E-state index contributed by atoms with van der Waals surface area (Å²) in [6.07, 6.45) is 0. The Kier molecular flexibility index (Phi) is 4.15. The monoisotopic (exact) mass is 206 g/mol. The zero-order chi connectivity index (χ0) is 11.1. The first-order chi connectivity index (χ1) is 7.26. The lowest BCUT2D eigenvalue weighted by Gasteiger charge is -2.04. The quantitative estimate of drug-likeness (QED) is 0.465. The summed E-state index contributed by atoms with van der Waals surface area (Å²) < 4.78 is 4.66. The summed E-state index contributed by atoms with van der Waals surface area (Å²) in [5.41, 5.74) is 9.25. The first-order valence-corrected chi connectivity index (χ1v) is 4.20. The molecular formula is C9H10N4O2. The SMILES string of the molecule is COCC(=O)Nc1cccc(N=[N+]=[N-])c1. The molecule has 1 aromatic carbocycles. The van der Waals surface area contributed by atoms with Gasteiger partial charge >= 0.3 is 0 Å². The molecule has 0 saturated heterocycles. The molecule has 0 aliphatic rings. The summed E-state index contributed by atoms with van der Waals surface area (Å²) in [7, 11) is 1.44. The summed E-state index contributed by atoms with van der Waals surface area (Å²) in [6.45, 7) is -0.00819. The minimum Gasteiger partial charge on any atom is -0.375 e. The van der Waals surface area contributed by atoms with Crippen LogP contribution < -0.4 is 5.32 Å². The van der Waals surface area contributed by atoms with Crippen molar-refractivity contribution in [2.75, 3.05) is 19.0 Å². The molecule has 0 radical (unpaired) electrons. The average molecular weight is 206 g/mol. The molecule has 0 spiro atoms. The molecule has 0 aliphatic heterocycles. The van der Waals surface area contributed by atoms with Crippen molar-refractivity contribution in [1.29, 1.82) is 0 Å². The highest BCUT2D eigenvalue weighted by Crippen LogP contribution is 2.17. The topological polar surface area (TPSA) is 87.1 Å². The molecular weight excluding hydrogens is 196 g/mol. The number of anilines is 1. The second-order valence-corrected chi connectivity index (χ2v) is 2.72. The molecule has 15 heavy (non-hydrogen) atoms. The number of ether oxygens (including phenoxy) is 1. The zero-order valence-corrected chi connectivity index (χ0v) is 8.17. The van der Waals surface area contributed by atoms with Crippen LogP contribution in [0.2, 0.25) is 0 Å². The lowest BCUT2D eigenvalue weighted by molar-refractivity contribution is -0.119. The van der Waals surface area contributed by atoms with Crippen molar-refractivity contribution in [2.24, 2.45) is 5.11 Å². The second kappa shape index (κ2) is 5.64. The van der Waals surface area contributed by atoms with E-state index in [9.17, 15) is 4.79 Å². The number of carbonyl (C=O) groups excluding carboxylic acids is 1. The first-order valence-electron chi connectivity index (χ1n) is 4.20. The number of amides is 1. The third-order valence-electron chi connectivity index (χ3n) is 1.57. The normalized spacial score (nSPS) is 9.13. The molecule has 1 rings (SSSR count). The van der Waals surface area contributed by atoms with Crippen LogP contribution in [0.25, 0.3) is 10.4 Å². The smallest absolute Gasteiger partial charge is 0.250 e. The standard InChI is InChI=1S/C9H10N4O2/c1-15-6-9(14)11-7-3-2-4-8(5-7)12-13-10/h2-5H,6H2,1H3,(H,11,14). The fourth-order valence-corrected chi connectivity index (χ4v) is 1.03. The van der Waals surface area contributed by atoms with Crippen LogP contribution in [0.4, 0.5) is 11.4 Å². The van der Waals surface area contributed by atoms with E-state index in [1.807, 2.05) is 0 Å². The Morgan fingerprint density at radius 1 is 1.67 bits per heavy atom. The van der Waals surface area contributed by atoms with Crippen LogP contribution in [0.3, 0.4) is 0 Å². The van der Waals surface area contributed by atoms with Gasteiger partial charge in [0, 0.05) is 23.4 Å². The number of benzene rings is 1. The van der Waals surface area contributed by atoms with Crippen molar-refractivity contribution in [3.05, 3.63) is 34.7 Å². The third kappa shape index (κ3) is 3.68. The summed E-state index contributed by atoms with van der Waals surface area (Å²) in [5, 5.41) is 6.01. The van der Waals surface area contributed by atoms with E-state index in [-0.39, 0.29) is 12.5 Å². The molecule has 78 valence electrons. The lowest BCUT2D eigenvalue weighted by Crippen LogP contribution is -2.16. The fraction of sp³-hybridized carbons (Fsp3) is 0.222.